The number of ether oxygens (including phenoxy) is 1. The average Bonchev–Trinajstić information content (AvgIpc) is 3.37. The van der Waals surface area contributed by atoms with Crippen molar-refractivity contribution in [2.24, 2.45) is 0 Å². The number of nitrogens with zero attached hydrogens (tertiary/aromatic N) is 3. The summed E-state index contributed by atoms with van der Waals surface area (Å²) in [6.07, 6.45) is 2.50. The highest BCUT2D eigenvalue weighted by Crippen LogP contribution is 2.41. The summed E-state index contributed by atoms with van der Waals surface area (Å²) < 4.78 is 26.8. The first-order valence-corrected chi connectivity index (χ1v) is 11.3. The zero-order chi connectivity index (χ0) is 24.1. The lowest BCUT2D eigenvalue weighted by Gasteiger charge is -2.14. The first-order chi connectivity index (χ1) is 17.0. The molecule has 3 aromatic heterocycles. The summed E-state index contributed by atoms with van der Waals surface area (Å²) in [6.45, 7) is 2.07. The number of rotatable bonds is 3. The van der Waals surface area contributed by atoms with E-state index in [1.165, 1.54) is 12.1 Å². The molecule has 174 valence electrons. The first-order valence-electron chi connectivity index (χ1n) is 10.9. The summed E-state index contributed by atoms with van der Waals surface area (Å²) >= 11 is 6.45. The molecule has 0 unspecified atom stereocenters. The van der Waals surface area contributed by atoms with Crippen molar-refractivity contribution in [3.63, 3.8) is 0 Å². The summed E-state index contributed by atoms with van der Waals surface area (Å²) in [5, 5.41) is 4.31. The Morgan fingerprint density at radius 1 is 1.17 bits per heavy atom. The second-order valence-electron chi connectivity index (χ2n) is 8.32. The smallest absolute Gasteiger partial charge is 0.439 e. The summed E-state index contributed by atoms with van der Waals surface area (Å²) in [6, 6.07) is 16.2. The van der Waals surface area contributed by atoms with E-state index in [0.29, 0.717) is 34.3 Å². The molecular formula is C26H18ClFN4O3. The largest absolute Gasteiger partial charge is 0.488 e. The van der Waals surface area contributed by atoms with Crippen LogP contribution in [-0.4, -0.2) is 19.5 Å². The van der Waals surface area contributed by atoms with E-state index in [0.717, 1.165) is 33.6 Å². The molecule has 0 bridgehead atoms. The summed E-state index contributed by atoms with van der Waals surface area (Å²) in [5.41, 5.74) is 6.63. The van der Waals surface area contributed by atoms with Crippen molar-refractivity contribution in [3.05, 3.63) is 116 Å². The van der Waals surface area contributed by atoms with Gasteiger partial charge in [-0.2, -0.15) is 0 Å². The lowest BCUT2D eigenvalue weighted by Crippen LogP contribution is -2.01. The molecule has 9 heteroatoms. The van der Waals surface area contributed by atoms with Gasteiger partial charge < -0.3 is 9.14 Å². The zero-order valence-electron chi connectivity index (χ0n) is 18.5. The van der Waals surface area contributed by atoms with Gasteiger partial charge in [-0.1, -0.05) is 41.0 Å². The van der Waals surface area contributed by atoms with E-state index in [1.807, 2.05) is 47.9 Å². The molecule has 0 spiro atoms. The standard InChI is InChI=1S/C26H18ClFN4O3/c1-14(25-30-26(33)35-31-25)23-18-7-5-15(11-20-24(27)29-22-4-2-3-9-32(20)22)10-16(18)13-34-21-12-17(28)6-8-19(21)23/h2-10,12H,11,13H2,1H3,(H,30,31,33). The lowest BCUT2D eigenvalue weighted by molar-refractivity contribution is 0.305. The number of hydrogen-bond acceptors (Lipinski definition) is 5. The number of imidazole rings is 1. The van der Waals surface area contributed by atoms with Crippen LogP contribution in [0.5, 0.6) is 5.75 Å². The van der Waals surface area contributed by atoms with Gasteiger partial charge >= 0.3 is 5.76 Å². The summed E-state index contributed by atoms with van der Waals surface area (Å²) in [5.74, 6) is -0.336. The van der Waals surface area contributed by atoms with E-state index in [2.05, 4.69) is 21.2 Å². The lowest BCUT2D eigenvalue weighted by atomic mass is 9.89. The van der Waals surface area contributed by atoms with Gasteiger partial charge in [0.05, 0.1) is 5.69 Å². The highest BCUT2D eigenvalue weighted by molar-refractivity contribution is 6.30. The molecule has 1 N–H and O–H groups in total. The predicted molar refractivity (Wildman–Crippen MR) is 129 cm³/mol. The van der Waals surface area contributed by atoms with Gasteiger partial charge in [0.1, 0.15) is 23.8 Å². The zero-order valence-corrected chi connectivity index (χ0v) is 19.3. The third-order valence-corrected chi connectivity index (χ3v) is 6.46. The maximum atomic E-state index is 14.1. The van der Waals surface area contributed by atoms with E-state index >= 15 is 0 Å². The number of halogens is 2. The van der Waals surface area contributed by atoms with E-state index in [-0.39, 0.29) is 6.61 Å². The highest BCUT2D eigenvalue weighted by atomic mass is 35.5. The van der Waals surface area contributed by atoms with Crippen LogP contribution in [0.25, 0.3) is 16.8 Å². The predicted octanol–water partition coefficient (Wildman–Crippen LogP) is 5.27. The molecule has 4 heterocycles. The van der Waals surface area contributed by atoms with Crippen LogP contribution in [0, 0.1) is 5.82 Å². The van der Waals surface area contributed by atoms with Crippen LogP contribution in [0.3, 0.4) is 0 Å². The minimum atomic E-state index is -0.648. The third kappa shape index (κ3) is 3.72. The van der Waals surface area contributed by atoms with Gasteiger partial charge in [0.25, 0.3) is 0 Å². The molecule has 5 aromatic rings. The highest BCUT2D eigenvalue weighted by Gasteiger charge is 2.24. The maximum Gasteiger partial charge on any atom is 0.439 e. The molecule has 6 rings (SSSR count). The SMILES string of the molecule is CC(=C1c2ccc(Cc3c(Cl)nc4ccccn34)cc2COc2cc(F)ccc21)c1noc(=O)[nH]1. The molecule has 0 fully saturated rings. The van der Waals surface area contributed by atoms with Gasteiger partial charge in [-0.05, 0) is 53.5 Å². The Morgan fingerprint density at radius 3 is 2.86 bits per heavy atom. The Morgan fingerprint density at radius 2 is 2.03 bits per heavy atom. The number of allylic oxidation sites excluding steroid dienone is 1. The molecule has 0 saturated carbocycles. The van der Waals surface area contributed by atoms with Gasteiger partial charge in [0, 0.05) is 29.8 Å². The van der Waals surface area contributed by atoms with E-state index in [9.17, 15) is 9.18 Å². The summed E-state index contributed by atoms with van der Waals surface area (Å²) in [7, 11) is 0. The molecule has 1 aliphatic rings. The van der Waals surface area contributed by atoms with Crippen molar-refractivity contribution >= 4 is 28.4 Å². The number of benzene rings is 2. The van der Waals surface area contributed by atoms with Gasteiger partial charge in [0.15, 0.2) is 11.0 Å². The van der Waals surface area contributed by atoms with Gasteiger partial charge in [0.2, 0.25) is 0 Å². The quantitative estimate of drug-likeness (QED) is 0.374. The number of H-pyrrole nitrogens is 1. The fraction of sp³-hybridized carbons (Fsp3) is 0.115. The van der Waals surface area contributed by atoms with Gasteiger partial charge in [-0.3, -0.25) is 9.51 Å². The molecule has 7 nitrogen and oxygen atoms in total. The van der Waals surface area contributed by atoms with Crippen molar-refractivity contribution in [2.45, 2.75) is 20.0 Å². The van der Waals surface area contributed by atoms with Crippen molar-refractivity contribution in [3.8, 4) is 5.75 Å². The molecule has 1 aliphatic heterocycles. The molecule has 0 radical (unpaired) electrons. The molecule has 0 amide bonds. The summed E-state index contributed by atoms with van der Waals surface area (Å²) in [4.78, 5) is 18.6. The third-order valence-electron chi connectivity index (χ3n) is 6.16. The number of aromatic amines is 1. The molecule has 35 heavy (non-hydrogen) atoms. The molecule has 0 saturated heterocycles. The topological polar surface area (TPSA) is 85.4 Å². The minimum absolute atomic E-state index is 0.243. The fourth-order valence-electron chi connectivity index (χ4n) is 4.53. The number of hydrogen-bond donors (Lipinski definition) is 1. The Labute approximate surface area is 203 Å². The Kier molecular flexibility index (Phi) is 5.04. The van der Waals surface area contributed by atoms with Gasteiger partial charge in [-0.15, -0.1) is 0 Å². The Hall–Kier alpha value is -4.17. The molecular weight excluding hydrogens is 471 g/mol. The minimum Gasteiger partial charge on any atom is -0.488 e. The Bertz CT molecular complexity index is 1700. The average molecular weight is 489 g/mol. The van der Waals surface area contributed by atoms with E-state index in [4.69, 9.17) is 20.9 Å². The van der Waals surface area contributed by atoms with E-state index in [1.54, 1.807) is 6.07 Å². The Balaban J connectivity index is 1.49. The van der Waals surface area contributed by atoms with Gasteiger partial charge in [-0.25, -0.2) is 14.2 Å². The van der Waals surface area contributed by atoms with Crippen LogP contribution in [0.1, 0.15) is 40.7 Å². The number of aromatic nitrogens is 4. The van der Waals surface area contributed by atoms with Crippen LogP contribution >= 0.6 is 11.6 Å². The van der Waals surface area contributed by atoms with Crippen LogP contribution in [0.4, 0.5) is 4.39 Å². The maximum absolute atomic E-state index is 14.1. The number of fused-ring (bicyclic) bond motifs is 3. The van der Waals surface area contributed by atoms with Crippen molar-refractivity contribution in [1.82, 2.24) is 19.5 Å². The second kappa shape index (κ2) is 8.25. The molecule has 0 atom stereocenters. The normalized spacial score (nSPS) is 14.3. The monoisotopic (exact) mass is 488 g/mol. The van der Waals surface area contributed by atoms with Crippen LogP contribution < -0.4 is 10.5 Å². The van der Waals surface area contributed by atoms with Crippen molar-refractivity contribution < 1.29 is 13.7 Å². The van der Waals surface area contributed by atoms with Crippen molar-refractivity contribution in [1.29, 1.82) is 0 Å². The van der Waals surface area contributed by atoms with Crippen LogP contribution in [0.15, 0.2) is 70.1 Å². The molecule has 0 aliphatic carbocycles. The van der Waals surface area contributed by atoms with Crippen LogP contribution in [0.2, 0.25) is 5.15 Å². The number of pyridine rings is 1. The van der Waals surface area contributed by atoms with Crippen LogP contribution in [-0.2, 0) is 13.0 Å². The van der Waals surface area contributed by atoms with Crippen molar-refractivity contribution in [2.75, 3.05) is 0 Å². The van der Waals surface area contributed by atoms with E-state index < -0.39 is 11.6 Å². The second-order valence-corrected chi connectivity index (χ2v) is 8.68. The first kappa shape index (κ1) is 21.4. The number of nitrogens with one attached hydrogen (secondary N) is 1. The molecule has 2 aromatic carbocycles. The fourth-order valence-corrected chi connectivity index (χ4v) is 4.77.